The van der Waals surface area contributed by atoms with E-state index >= 15 is 0 Å². The molecule has 2 aromatic carbocycles. The van der Waals surface area contributed by atoms with Gasteiger partial charge in [0.05, 0.1) is 18.2 Å². The molecule has 0 atom stereocenters. The van der Waals surface area contributed by atoms with Crippen LogP contribution in [0.15, 0.2) is 122 Å². The summed E-state index contributed by atoms with van der Waals surface area (Å²) in [5.41, 5.74) is 6.92. The molecule has 6 aromatic rings. The lowest BCUT2D eigenvalue weighted by atomic mass is 9.81. The molecule has 0 fully saturated rings. The van der Waals surface area contributed by atoms with Crippen molar-refractivity contribution in [2.24, 2.45) is 0 Å². The molecule has 0 bridgehead atoms. The molecule has 0 saturated carbocycles. The smallest absolute Gasteiger partial charge is 0.205 e. The third-order valence-corrected chi connectivity index (χ3v) is 8.82. The molecule has 202 valence electrons. The first-order chi connectivity index (χ1) is 20.1. The Balaban J connectivity index is 1.22. The van der Waals surface area contributed by atoms with E-state index in [-0.39, 0.29) is 5.41 Å². The molecule has 0 aliphatic heterocycles. The van der Waals surface area contributed by atoms with Gasteiger partial charge < -0.3 is 0 Å². The van der Waals surface area contributed by atoms with Crippen molar-refractivity contribution >= 4 is 21.7 Å². The van der Waals surface area contributed by atoms with E-state index in [1.165, 1.54) is 43.9 Å². The van der Waals surface area contributed by atoms with Crippen molar-refractivity contribution < 1.29 is 18.3 Å². The molecule has 4 heterocycles. The highest BCUT2D eigenvalue weighted by Crippen LogP contribution is 2.52. The van der Waals surface area contributed by atoms with Crippen LogP contribution in [0.1, 0.15) is 37.8 Å². The van der Waals surface area contributed by atoms with Gasteiger partial charge in [0.1, 0.15) is 0 Å². The highest BCUT2D eigenvalue weighted by atomic mass is 15.0. The van der Waals surface area contributed by atoms with Crippen LogP contribution in [-0.4, -0.2) is 0 Å². The summed E-state index contributed by atoms with van der Waals surface area (Å²) >= 11 is 0. The maximum absolute atomic E-state index is 2.49. The number of para-hydroxylation sites is 1. The number of aryl methyl sites for hydroxylation is 4. The van der Waals surface area contributed by atoms with Crippen LogP contribution in [-0.2, 0) is 31.6 Å². The molecule has 1 aliphatic rings. The predicted molar refractivity (Wildman–Crippen MR) is 162 cm³/mol. The Labute approximate surface area is 242 Å². The van der Waals surface area contributed by atoms with Gasteiger partial charge >= 0.3 is 0 Å². The second-order valence-corrected chi connectivity index (χ2v) is 11.9. The van der Waals surface area contributed by atoms with E-state index in [2.05, 4.69) is 154 Å². The van der Waals surface area contributed by atoms with Crippen molar-refractivity contribution in [3.05, 3.63) is 133 Å². The second-order valence-electron chi connectivity index (χ2n) is 11.9. The molecule has 0 N–H and O–H groups in total. The summed E-state index contributed by atoms with van der Waals surface area (Å²) < 4.78 is 9.37. The zero-order chi connectivity index (χ0) is 27.8. The van der Waals surface area contributed by atoms with Crippen LogP contribution in [0, 0.1) is 0 Å². The molecule has 0 amide bonds. The van der Waals surface area contributed by atoms with Crippen molar-refractivity contribution in [2.75, 3.05) is 0 Å². The maximum atomic E-state index is 2.49. The van der Waals surface area contributed by atoms with Crippen molar-refractivity contribution in [2.45, 2.75) is 58.3 Å². The molecule has 0 unspecified atom stereocenters. The standard InChI is InChI=1S/C37H38N4/c1-37(2)33-28-41(25-12-23-39-20-9-4-10-21-39)34-14-6-5-13-31(34)35(33)32-16-15-29-27-40(26-17-30(29)36(32)37)24-11-22-38-18-7-3-8-19-38/h3-10,13-21,26-28H,11-12,22-25H2,1-2H3/q+4. The fourth-order valence-corrected chi connectivity index (χ4v) is 6.82. The average Bonchev–Trinajstić information content (AvgIpc) is 3.24. The first-order valence-corrected chi connectivity index (χ1v) is 14.9. The molecular formula is C37H38N4+4. The third-order valence-electron chi connectivity index (χ3n) is 8.82. The number of hydrogen-bond donors (Lipinski definition) is 0. The average molecular weight is 539 g/mol. The molecular weight excluding hydrogens is 500 g/mol. The predicted octanol–water partition coefficient (Wildman–Crippen LogP) is 5.63. The number of fused-ring (bicyclic) bond motifs is 7. The molecule has 0 saturated heterocycles. The van der Waals surface area contributed by atoms with Crippen molar-refractivity contribution in [1.29, 1.82) is 0 Å². The molecule has 4 aromatic heterocycles. The molecule has 0 spiro atoms. The number of benzene rings is 2. The Hall–Kier alpha value is -4.44. The largest absolute Gasteiger partial charge is 0.213 e. The maximum Gasteiger partial charge on any atom is 0.213 e. The van der Waals surface area contributed by atoms with E-state index in [0.29, 0.717) is 0 Å². The number of pyridine rings is 4. The monoisotopic (exact) mass is 538 g/mol. The number of hydrogen-bond acceptors (Lipinski definition) is 0. The summed E-state index contributed by atoms with van der Waals surface area (Å²) in [5.74, 6) is 0. The lowest BCUT2D eigenvalue weighted by Gasteiger charge is -2.22. The van der Waals surface area contributed by atoms with Gasteiger partial charge in [0.15, 0.2) is 69.6 Å². The number of aromatic nitrogens is 4. The molecule has 1 aliphatic carbocycles. The van der Waals surface area contributed by atoms with Crippen molar-refractivity contribution in [3.63, 3.8) is 0 Å². The van der Waals surface area contributed by atoms with Crippen LogP contribution < -0.4 is 18.3 Å². The van der Waals surface area contributed by atoms with Gasteiger partial charge in [0.25, 0.3) is 0 Å². The minimum absolute atomic E-state index is 0.0831. The highest BCUT2D eigenvalue weighted by molar-refractivity contribution is 6.04. The lowest BCUT2D eigenvalue weighted by Crippen LogP contribution is -2.40. The van der Waals surface area contributed by atoms with Crippen LogP contribution in [0.2, 0.25) is 0 Å². The number of nitrogens with zero attached hydrogens (tertiary/aromatic N) is 4. The van der Waals surface area contributed by atoms with Gasteiger partial charge in [-0.1, -0.05) is 44.2 Å². The zero-order valence-electron chi connectivity index (χ0n) is 24.1. The van der Waals surface area contributed by atoms with Gasteiger partial charge in [0, 0.05) is 58.3 Å². The summed E-state index contributed by atoms with van der Waals surface area (Å²) in [6.45, 7) is 8.85. The van der Waals surface area contributed by atoms with Gasteiger partial charge in [0.2, 0.25) is 5.52 Å². The summed E-state index contributed by atoms with van der Waals surface area (Å²) in [7, 11) is 0. The fraction of sp³-hybridized carbons (Fsp3) is 0.243. The Bertz CT molecular complexity index is 1860. The summed E-state index contributed by atoms with van der Waals surface area (Å²) in [6, 6.07) is 28.6. The summed E-state index contributed by atoms with van der Waals surface area (Å²) in [4.78, 5) is 0. The number of rotatable bonds is 8. The van der Waals surface area contributed by atoms with Gasteiger partial charge in [-0.15, -0.1) is 0 Å². The van der Waals surface area contributed by atoms with Crippen LogP contribution in [0.25, 0.3) is 32.8 Å². The van der Waals surface area contributed by atoms with E-state index < -0.39 is 0 Å². The molecule has 41 heavy (non-hydrogen) atoms. The van der Waals surface area contributed by atoms with E-state index in [0.717, 1.165) is 39.0 Å². The van der Waals surface area contributed by atoms with Gasteiger partial charge in [-0.2, -0.15) is 4.57 Å². The molecule has 4 heteroatoms. The Kier molecular flexibility index (Phi) is 6.54. The van der Waals surface area contributed by atoms with Gasteiger partial charge in [-0.05, 0) is 28.6 Å². The molecule has 7 rings (SSSR count). The van der Waals surface area contributed by atoms with E-state index in [1.807, 2.05) is 0 Å². The second kappa shape index (κ2) is 10.5. The van der Waals surface area contributed by atoms with E-state index in [1.54, 1.807) is 0 Å². The fourth-order valence-electron chi connectivity index (χ4n) is 6.82. The summed E-state index contributed by atoms with van der Waals surface area (Å²) in [5, 5.41) is 4.04. The quantitative estimate of drug-likeness (QED) is 0.223. The van der Waals surface area contributed by atoms with Crippen LogP contribution >= 0.6 is 0 Å². The zero-order valence-corrected chi connectivity index (χ0v) is 24.1. The van der Waals surface area contributed by atoms with Gasteiger partial charge in [-0.25, -0.2) is 13.7 Å². The van der Waals surface area contributed by atoms with Gasteiger partial charge in [-0.3, -0.25) is 0 Å². The Morgan fingerprint density at radius 2 is 1.22 bits per heavy atom. The first kappa shape index (κ1) is 25.5. The van der Waals surface area contributed by atoms with E-state index in [9.17, 15) is 0 Å². The minimum atomic E-state index is -0.0831. The molecule has 0 radical (unpaired) electrons. The lowest BCUT2D eigenvalue weighted by molar-refractivity contribution is -0.726. The topological polar surface area (TPSA) is 15.5 Å². The first-order valence-electron chi connectivity index (χ1n) is 14.9. The third kappa shape index (κ3) is 4.67. The Morgan fingerprint density at radius 1 is 0.561 bits per heavy atom. The normalized spacial score (nSPS) is 13.4. The summed E-state index contributed by atoms with van der Waals surface area (Å²) in [6.07, 6.45) is 17.8. The van der Waals surface area contributed by atoms with Crippen LogP contribution in [0.4, 0.5) is 0 Å². The highest BCUT2D eigenvalue weighted by Gasteiger charge is 2.41. The van der Waals surface area contributed by atoms with E-state index in [4.69, 9.17) is 0 Å². The van der Waals surface area contributed by atoms with Crippen LogP contribution in [0.5, 0.6) is 0 Å². The van der Waals surface area contributed by atoms with Crippen LogP contribution in [0.3, 0.4) is 0 Å². The minimum Gasteiger partial charge on any atom is -0.205 e. The molecule has 4 nitrogen and oxygen atoms in total. The van der Waals surface area contributed by atoms with Crippen molar-refractivity contribution in [1.82, 2.24) is 0 Å². The Morgan fingerprint density at radius 3 is 1.95 bits per heavy atom. The SMILES string of the molecule is CC1(C)c2c[n+](CCC[n+]3ccccc3)c3ccccc3c2-c2ccc3c[n+](CCC[n+]4ccccc4)ccc3c21. The van der Waals surface area contributed by atoms with Crippen molar-refractivity contribution in [3.8, 4) is 11.1 Å².